The Kier molecular flexibility index (Phi) is 5.06. The number of benzene rings is 1. The average molecular weight is 278 g/mol. The van der Waals surface area contributed by atoms with Gasteiger partial charge in [-0.15, -0.1) is 0 Å². The summed E-state index contributed by atoms with van der Waals surface area (Å²) in [4.78, 5) is 0. The summed E-state index contributed by atoms with van der Waals surface area (Å²) >= 11 is 0. The molecule has 0 bridgehead atoms. The molecule has 3 nitrogen and oxygen atoms in total. The van der Waals surface area contributed by atoms with Crippen molar-refractivity contribution in [3.05, 3.63) is 29.8 Å². The predicted octanol–water partition coefficient (Wildman–Crippen LogP) is 3.71. The number of aliphatic hydroxyl groups is 1. The Morgan fingerprint density at radius 3 is 2.35 bits per heavy atom. The summed E-state index contributed by atoms with van der Waals surface area (Å²) in [6.07, 6.45) is 3.52. The van der Waals surface area contributed by atoms with Gasteiger partial charge in [0.1, 0.15) is 11.9 Å². The molecule has 1 atom stereocenters. The van der Waals surface area contributed by atoms with Crippen LogP contribution in [-0.2, 0) is 4.74 Å². The lowest BCUT2D eigenvalue weighted by Crippen LogP contribution is -2.42. The van der Waals surface area contributed by atoms with Crippen LogP contribution in [0.25, 0.3) is 0 Å². The Hall–Kier alpha value is -1.06. The minimum absolute atomic E-state index is 0.421. The van der Waals surface area contributed by atoms with E-state index in [1.807, 2.05) is 31.2 Å². The molecule has 0 spiro atoms. The number of rotatable bonds is 5. The molecule has 20 heavy (non-hydrogen) atoms. The van der Waals surface area contributed by atoms with Gasteiger partial charge in [-0.2, -0.15) is 0 Å². The van der Waals surface area contributed by atoms with Gasteiger partial charge in [-0.3, -0.25) is 0 Å². The molecule has 0 aliphatic heterocycles. The smallest absolute Gasteiger partial charge is 0.118 e. The van der Waals surface area contributed by atoms with E-state index in [1.165, 1.54) is 0 Å². The van der Waals surface area contributed by atoms with Crippen molar-refractivity contribution in [1.82, 2.24) is 0 Å². The number of hydrogen-bond donors (Lipinski definition) is 1. The minimum Gasteiger partial charge on any atom is -0.497 e. The Labute approximate surface area is 121 Å². The predicted molar refractivity (Wildman–Crippen MR) is 79.9 cm³/mol. The average Bonchev–Trinajstić information content (AvgIpc) is 2.49. The molecule has 0 amide bonds. The Balaban J connectivity index is 2.19. The van der Waals surface area contributed by atoms with Crippen LogP contribution in [0.4, 0.5) is 0 Å². The first kappa shape index (κ1) is 15.3. The molecule has 2 rings (SSSR count). The Morgan fingerprint density at radius 1 is 1.25 bits per heavy atom. The summed E-state index contributed by atoms with van der Waals surface area (Å²) in [5.41, 5.74) is 0.490. The van der Waals surface area contributed by atoms with Crippen LogP contribution < -0.4 is 4.74 Å². The maximum atomic E-state index is 10.8. The molecule has 0 heterocycles. The van der Waals surface area contributed by atoms with Crippen molar-refractivity contribution in [2.45, 2.75) is 51.2 Å². The second-order valence-electron chi connectivity index (χ2n) is 5.86. The van der Waals surface area contributed by atoms with Crippen LogP contribution in [0.5, 0.6) is 5.75 Å². The van der Waals surface area contributed by atoms with Gasteiger partial charge in [0, 0.05) is 6.61 Å². The molecular weight excluding hydrogens is 252 g/mol. The highest BCUT2D eigenvalue weighted by atomic mass is 16.5. The van der Waals surface area contributed by atoms with Crippen molar-refractivity contribution in [2.24, 2.45) is 5.92 Å². The molecule has 1 saturated carbocycles. The number of ether oxygens (including phenoxy) is 2. The van der Waals surface area contributed by atoms with Crippen LogP contribution in [0.1, 0.15) is 51.2 Å². The maximum absolute atomic E-state index is 10.8. The van der Waals surface area contributed by atoms with Crippen molar-refractivity contribution in [2.75, 3.05) is 13.7 Å². The fourth-order valence-electron chi connectivity index (χ4n) is 3.12. The van der Waals surface area contributed by atoms with Crippen LogP contribution in [0.15, 0.2) is 24.3 Å². The summed E-state index contributed by atoms with van der Waals surface area (Å²) < 4.78 is 11.2. The molecule has 1 aromatic carbocycles. The second-order valence-corrected chi connectivity index (χ2v) is 5.86. The second kappa shape index (κ2) is 6.59. The first-order valence-corrected chi connectivity index (χ1v) is 7.57. The molecule has 1 unspecified atom stereocenters. The van der Waals surface area contributed by atoms with E-state index in [-0.39, 0.29) is 0 Å². The van der Waals surface area contributed by atoms with E-state index in [0.29, 0.717) is 6.61 Å². The molecule has 112 valence electrons. The van der Waals surface area contributed by atoms with Gasteiger partial charge in [-0.1, -0.05) is 19.1 Å². The molecule has 1 aliphatic rings. The van der Waals surface area contributed by atoms with E-state index in [0.717, 1.165) is 42.9 Å². The van der Waals surface area contributed by atoms with Crippen LogP contribution in [0.3, 0.4) is 0 Å². The van der Waals surface area contributed by atoms with Gasteiger partial charge in [-0.05, 0) is 56.2 Å². The zero-order valence-electron chi connectivity index (χ0n) is 12.8. The van der Waals surface area contributed by atoms with Crippen LogP contribution >= 0.6 is 0 Å². The topological polar surface area (TPSA) is 38.7 Å². The molecule has 1 fully saturated rings. The van der Waals surface area contributed by atoms with Crippen molar-refractivity contribution >= 4 is 0 Å². The van der Waals surface area contributed by atoms with Gasteiger partial charge in [0.05, 0.1) is 12.7 Å². The molecule has 1 aromatic rings. The van der Waals surface area contributed by atoms with Gasteiger partial charge in [-0.25, -0.2) is 0 Å². The van der Waals surface area contributed by atoms with E-state index in [4.69, 9.17) is 9.47 Å². The van der Waals surface area contributed by atoms with Gasteiger partial charge >= 0.3 is 0 Å². The molecule has 3 heteroatoms. The zero-order valence-corrected chi connectivity index (χ0v) is 12.8. The molecule has 0 aromatic heterocycles. The van der Waals surface area contributed by atoms with Crippen molar-refractivity contribution in [3.63, 3.8) is 0 Å². The minimum atomic E-state index is -0.569. The molecular formula is C17H26O3. The fraction of sp³-hybridized carbons (Fsp3) is 0.647. The van der Waals surface area contributed by atoms with Gasteiger partial charge in [0.25, 0.3) is 0 Å². The number of aliphatic hydroxyl groups excluding tert-OH is 1. The third-order valence-electron chi connectivity index (χ3n) is 4.48. The molecule has 1 N–H and O–H groups in total. The lowest BCUT2D eigenvalue weighted by molar-refractivity contribution is -0.146. The van der Waals surface area contributed by atoms with Crippen LogP contribution in [-0.4, -0.2) is 24.4 Å². The fourth-order valence-corrected chi connectivity index (χ4v) is 3.12. The SMILES string of the molecule is CCOC1(C(O)c2ccc(OC)cc2)CCC(C)CC1. The van der Waals surface area contributed by atoms with E-state index in [2.05, 4.69) is 6.92 Å². The summed E-state index contributed by atoms with van der Waals surface area (Å²) in [5, 5.41) is 10.8. The van der Waals surface area contributed by atoms with E-state index in [1.54, 1.807) is 7.11 Å². The van der Waals surface area contributed by atoms with Crippen molar-refractivity contribution in [1.29, 1.82) is 0 Å². The van der Waals surface area contributed by atoms with Gasteiger partial charge in [0.2, 0.25) is 0 Å². The Morgan fingerprint density at radius 2 is 1.85 bits per heavy atom. The standard InChI is InChI=1S/C17H26O3/c1-4-20-17(11-9-13(2)10-12-17)16(18)14-5-7-15(19-3)8-6-14/h5-8,13,16,18H,4,9-12H2,1-3H3. The normalized spacial score (nSPS) is 28.1. The quantitative estimate of drug-likeness (QED) is 0.892. The first-order chi connectivity index (χ1) is 9.61. The third-order valence-corrected chi connectivity index (χ3v) is 4.48. The van der Waals surface area contributed by atoms with Crippen molar-refractivity contribution in [3.8, 4) is 5.75 Å². The lowest BCUT2D eigenvalue weighted by Gasteiger charge is -2.42. The third kappa shape index (κ3) is 3.15. The molecule has 1 aliphatic carbocycles. The molecule has 0 saturated heterocycles. The highest BCUT2D eigenvalue weighted by Gasteiger charge is 2.42. The lowest BCUT2D eigenvalue weighted by atomic mass is 9.74. The summed E-state index contributed by atoms with van der Waals surface area (Å²) in [7, 11) is 1.65. The monoisotopic (exact) mass is 278 g/mol. The largest absolute Gasteiger partial charge is 0.497 e. The highest BCUT2D eigenvalue weighted by molar-refractivity contribution is 5.30. The Bertz CT molecular complexity index is 405. The van der Waals surface area contributed by atoms with E-state index in [9.17, 15) is 5.11 Å². The summed E-state index contributed by atoms with van der Waals surface area (Å²) in [5.74, 6) is 1.54. The first-order valence-electron chi connectivity index (χ1n) is 7.57. The van der Waals surface area contributed by atoms with Gasteiger partial charge < -0.3 is 14.6 Å². The van der Waals surface area contributed by atoms with Crippen molar-refractivity contribution < 1.29 is 14.6 Å². The van der Waals surface area contributed by atoms with Crippen LogP contribution in [0.2, 0.25) is 0 Å². The van der Waals surface area contributed by atoms with Crippen LogP contribution in [0, 0.1) is 5.92 Å². The number of hydrogen-bond acceptors (Lipinski definition) is 3. The van der Waals surface area contributed by atoms with E-state index < -0.39 is 11.7 Å². The van der Waals surface area contributed by atoms with E-state index >= 15 is 0 Å². The number of methoxy groups -OCH3 is 1. The highest BCUT2D eigenvalue weighted by Crippen LogP contribution is 2.43. The zero-order chi connectivity index (χ0) is 14.6. The molecule has 0 radical (unpaired) electrons. The maximum Gasteiger partial charge on any atom is 0.118 e. The summed E-state index contributed by atoms with van der Waals surface area (Å²) in [6.45, 7) is 4.91. The summed E-state index contributed by atoms with van der Waals surface area (Å²) in [6, 6.07) is 7.65. The van der Waals surface area contributed by atoms with Gasteiger partial charge in [0.15, 0.2) is 0 Å².